The van der Waals surface area contributed by atoms with Crippen LogP contribution in [-0.4, -0.2) is 67.9 Å². The van der Waals surface area contributed by atoms with E-state index in [2.05, 4.69) is 6.92 Å². The van der Waals surface area contributed by atoms with Crippen LogP contribution >= 0.6 is 0 Å². The Bertz CT molecular complexity index is 1180. The van der Waals surface area contributed by atoms with Crippen molar-refractivity contribution in [1.82, 2.24) is 8.61 Å². The van der Waals surface area contributed by atoms with Crippen molar-refractivity contribution in [2.75, 3.05) is 42.4 Å². The van der Waals surface area contributed by atoms with E-state index in [4.69, 9.17) is 9.47 Å². The van der Waals surface area contributed by atoms with E-state index < -0.39 is 20.0 Å². The largest absolute Gasteiger partial charge is 0.495 e. The monoisotopic (exact) mass is 524 g/mol. The molecule has 2 rings (SSSR count). The molecule has 0 saturated heterocycles. The lowest BCUT2D eigenvalue weighted by molar-refractivity contribution is 0.400. The summed E-state index contributed by atoms with van der Waals surface area (Å²) in [7, 11) is 1.14. The molecular formula is C25H36N2O6S2. The van der Waals surface area contributed by atoms with E-state index in [1.54, 1.807) is 36.4 Å². The molecule has 0 atom stereocenters. The molecule has 0 unspecified atom stereocenters. The third kappa shape index (κ3) is 6.43. The van der Waals surface area contributed by atoms with Gasteiger partial charge in [-0.25, -0.2) is 25.4 Å². The molecular weight excluding hydrogens is 488 g/mol. The van der Waals surface area contributed by atoms with Gasteiger partial charge in [-0.1, -0.05) is 38.0 Å². The quantitative estimate of drug-likeness (QED) is 0.386. The Morgan fingerprint density at radius 1 is 0.771 bits per heavy atom. The average Bonchev–Trinajstić information content (AvgIpc) is 2.83. The predicted octanol–water partition coefficient (Wildman–Crippen LogP) is 4.22. The highest BCUT2D eigenvalue weighted by molar-refractivity contribution is 7.89. The van der Waals surface area contributed by atoms with Crippen LogP contribution < -0.4 is 9.47 Å². The molecule has 0 amide bonds. The topological polar surface area (TPSA) is 93.2 Å². The zero-order chi connectivity index (χ0) is 26.4. The molecule has 0 aliphatic carbocycles. The van der Waals surface area contributed by atoms with Crippen LogP contribution in [0.1, 0.15) is 43.7 Å². The molecule has 10 heteroatoms. The van der Waals surface area contributed by atoms with Crippen LogP contribution in [-0.2, 0) is 20.0 Å². The molecule has 35 heavy (non-hydrogen) atoms. The lowest BCUT2D eigenvalue weighted by atomic mass is 9.96. The number of allylic oxidation sites excluding steroid dienone is 1. The highest BCUT2D eigenvalue weighted by Crippen LogP contribution is 2.35. The van der Waals surface area contributed by atoms with Crippen LogP contribution in [0.25, 0.3) is 5.57 Å². The molecule has 0 spiro atoms. The molecule has 0 radical (unpaired) electrons. The summed E-state index contributed by atoms with van der Waals surface area (Å²) in [5.74, 6) is 0.469. The van der Waals surface area contributed by atoms with Gasteiger partial charge in [0.15, 0.2) is 0 Å². The van der Waals surface area contributed by atoms with Crippen LogP contribution in [0.15, 0.2) is 52.3 Å². The van der Waals surface area contributed by atoms with Crippen molar-refractivity contribution < 1.29 is 26.3 Å². The Kier molecular flexibility index (Phi) is 9.91. The minimum atomic E-state index is -3.78. The van der Waals surface area contributed by atoms with Crippen molar-refractivity contribution in [3.63, 3.8) is 0 Å². The summed E-state index contributed by atoms with van der Waals surface area (Å²) in [6, 6.07) is 9.95. The first-order valence-electron chi connectivity index (χ1n) is 11.3. The van der Waals surface area contributed by atoms with Gasteiger partial charge in [-0.2, -0.15) is 0 Å². The lowest BCUT2D eigenvalue weighted by Gasteiger charge is -2.19. The first-order valence-corrected chi connectivity index (χ1v) is 14.2. The maximum Gasteiger partial charge on any atom is 0.246 e. The molecule has 0 saturated carbocycles. The van der Waals surface area contributed by atoms with Crippen molar-refractivity contribution in [1.29, 1.82) is 0 Å². The number of hydrogen-bond donors (Lipinski definition) is 0. The van der Waals surface area contributed by atoms with Crippen molar-refractivity contribution in [3.8, 4) is 11.5 Å². The second kappa shape index (κ2) is 12.0. The zero-order valence-corrected chi connectivity index (χ0v) is 23.2. The average molecular weight is 525 g/mol. The second-order valence-corrected chi connectivity index (χ2v) is 12.7. The molecule has 0 bridgehead atoms. The summed E-state index contributed by atoms with van der Waals surface area (Å²) in [6.07, 6.45) is 5.85. The second-order valence-electron chi connectivity index (χ2n) is 8.42. The molecule has 0 aliphatic rings. The number of ether oxygens (including phenoxy) is 2. The standard InChI is InChI=1S/C25H36N2O6S2/c1-8-9-10-11-12-21(19-13-15-22(32-6)24(17-19)34(28,29)26(2)3)20-14-16-23(33-7)25(18-20)35(30,31)27(4)5/h12-18H,8-11H2,1-7H3. The number of methoxy groups -OCH3 is 2. The predicted molar refractivity (Wildman–Crippen MR) is 139 cm³/mol. The Labute approximate surface area is 210 Å². The minimum absolute atomic E-state index is 0.0385. The van der Waals surface area contributed by atoms with Crippen molar-refractivity contribution >= 4 is 25.6 Å². The Hall–Kier alpha value is -2.40. The van der Waals surface area contributed by atoms with E-state index in [1.165, 1.54) is 42.4 Å². The Morgan fingerprint density at radius 2 is 1.20 bits per heavy atom. The number of hydrogen-bond acceptors (Lipinski definition) is 6. The van der Waals surface area contributed by atoms with Gasteiger partial charge in [0.05, 0.1) is 14.2 Å². The number of nitrogens with zero attached hydrogens (tertiary/aromatic N) is 2. The molecule has 0 aromatic heterocycles. The van der Waals surface area contributed by atoms with Crippen LogP contribution in [0, 0.1) is 0 Å². The van der Waals surface area contributed by atoms with Gasteiger partial charge < -0.3 is 9.47 Å². The first-order chi connectivity index (χ1) is 16.4. The van der Waals surface area contributed by atoms with Gasteiger partial charge in [0, 0.05) is 28.2 Å². The fraction of sp³-hybridized carbons (Fsp3) is 0.440. The number of rotatable bonds is 12. The van der Waals surface area contributed by atoms with Gasteiger partial charge >= 0.3 is 0 Å². The summed E-state index contributed by atoms with van der Waals surface area (Å²) in [6.45, 7) is 2.12. The van der Waals surface area contributed by atoms with E-state index in [-0.39, 0.29) is 21.3 Å². The van der Waals surface area contributed by atoms with Gasteiger partial charge in [0.2, 0.25) is 20.0 Å². The molecule has 0 fully saturated rings. The third-order valence-electron chi connectivity index (χ3n) is 5.62. The van der Waals surface area contributed by atoms with Crippen LogP contribution in [0.3, 0.4) is 0 Å². The molecule has 2 aromatic carbocycles. The minimum Gasteiger partial charge on any atom is -0.495 e. The van der Waals surface area contributed by atoms with Crippen LogP contribution in [0.2, 0.25) is 0 Å². The number of benzene rings is 2. The fourth-order valence-electron chi connectivity index (χ4n) is 3.53. The van der Waals surface area contributed by atoms with E-state index in [0.29, 0.717) is 11.1 Å². The fourth-order valence-corrected chi connectivity index (χ4v) is 5.68. The molecule has 0 heterocycles. The van der Waals surface area contributed by atoms with Gasteiger partial charge in [-0.3, -0.25) is 0 Å². The first kappa shape index (κ1) is 28.8. The third-order valence-corrected chi connectivity index (χ3v) is 9.30. The van der Waals surface area contributed by atoms with E-state index >= 15 is 0 Å². The van der Waals surface area contributed by atoms with Crippen LogP contribution in [0.4, 0.5) is 0 Å². The lowest BCUT2D eigenvalue weighted by Crippen LogP contribution is -2.23. The molecule has 2 aromatic rings. The van der Waals surface area contributed by atoms with Crippen molar-refractivity contribution in [2.45, 2.75) is 42.4 Å². The maximum atomic E-state index is 13.0. The molecule has 0 aliphatic heterocycles. The summed E-state index contributed by atoms with van der Waals surface area (Å²) >= 11 is 0. The van der Waals surface area contributed by atoms with Crippen molar-refractivity contribution in [2.24, 2.45) is 0 Å². The van der Waals surface area contributed by atoms with E-state index in [0.717, 1.165) is 39.9 Å². The number of unbranched alkanes of at least 4 members (excludes halogenated alkanes) is 3. The Morgan fingerprint density at radius 3 is 1.54 bits per heavy atom. The zero-order valence-electron chi connectivity index (χ0n) is 21.5. The van der Waals surface area contributed by atoms with E-state index in [9.17, 15) is 16.8 Å². The summed E-state index contributed by atoms with van der Waals surface area (Å²) in [5.41, 5.74) is 2.01. The SMILES string of the molecule is CCCCCC=C(c1ccc(OC)c(S(=O)(=O)N(C)C)c1)c1ccc(OC)c(S(=O)(=O)N(C)C)c1. The van der Waals surface area contributed by atoms with Gasteiger partial charge in [-0.15, -0.1) is 0 Å². The summed E-state index contributed by atoms with van der Waals surface area (Å²) < 4.78 is 64.9. The van der Waals surface area contributed by atoms with Gasteiger partial charge in [0.25, 0.3) is 0 Å². The van der Waals surface area contributed by atoms with E-state index in [1.807, 2.05) is 6.08 Å². The normalized spacial score (nSPS) is 12.1. The molecule has 0 N–H and O–H groups in total. The van der Waals surface area contributed by atoms with Gasteiger partial charge in [0.1, 0.15) is 21.3 Å². The highest BCUT2D eigenvalue weighted by atomic mass is 32.2. The summed E-state index contributed by atoms with van der Waals surface area (Å²) in [5, 5.41) is 0. The van der Waals surface area contributed by atoms with Gasteiger partial charge in [-0.05, 0) is 53.8 Å². The summed E-state index contributed by atoms with van der Waals surface area (Å²) in [4.78, 5) is 0.0770. The number of sulfonamides is 2. The van der Waals surface area contributed by atoms with Crippen molar-refractivity contribution in [3.05, 3.63) is 53.6 Å². The maximum absolute atomic E-state index is 13.0. The smallest absolute Gasteiger partial charge is 0.246 e. The highest BCUT2D eigenvalue weighted by Gasteiger charge is 2.26. The van der Waals surface area contributed by atoms with Crippen LogP contribution in [0.5, 0.6) is 11.5 Å². The molecule has 8 nitrogen and oxygen atoms in total. The molecule has 194 valence electrons. The Balaban J connectivity index is 2.79.